The van der Waals surface area contributed by atoms with E-state index in [9.17, 15) is 29.6 Å². The van der Waals surface area contributed by atoms with Crippen molar-refractivity contribution in [2.75, 3.05) is 13.2 Å². The van der Waals surface area contributed by atoms with Crippen molar-refractivity contribution >= 4 is 27.8 Å². The van der Waals surface area contributed by atoms with Gasteiger partial charge in [-0.1, -0.05) is 22.0 Å². The zero-order chi connectivity index (χ0) is 23.4. The molecular weight excluding hydrogens is 494 g/mol. The summed E-state index contributed by atoms with van der Waals surface area (Å²) in [6.45, 7) is 0.865. The van der Waals surface area contributed by atoms with Gasteiger partial charge in [-0.3, -0.25) is 24.5 Å². The Bertz CT molecular complexity index is 1130. The highest BCUT2D eigenvalue weighted by atomic mass is 79.9. The predicted octanol–water partition coefficient (Wildman–Crippen LogP) is 1.56. The monoisotopic (exact) mass is 513 g/mol. The number of aliphatic hydroxyl groups is 1. The third-order valence-electron chi connectivity index (χ3n) is 4.93. The van der Waals surface area contributed by atoms with Crippen LogP contribution in [-0.4, -0.2) is 51.2 Å². The lowest BCUT2D eigenvalue weighted by Crippen LogP contribution is -2.33. The first kappa shape index (κ1) is 23.6. The Balaban J connectivity index is 1.61. The quantitative estimate of drug-likeness (QED) is 0.317. The topological polar surface area (TPSA) is 163 Å². The number of ether oxygens (including phenoxy) is 3. The van der Waals surface area contributed by atoms with Crippen molar-refractivity contribution in [2.24, 2.45) is 0 Å². The lowest BCUT2D eigenvalue weighted by Gasteiger charge is -2.16. The first-order valence-electron chi connectivity index (χ1n) is 9.54. The number of nitro groups is 1. The maximum atomic E-state index is 12.1. The Labute approximate surface area is 189 Å². The van der Waals surface area contributed by atoms with Crippen LogP contribution in [0.15, 0.2) is 38.5 Å². The molecule has 1 aromatic heterocycles. The number of carbonyl (C=O) groups is 1. The Hall–Kier alpha value is -3.03. The van der Waals surface area contributed by atoms with E-state index in [4.69, 9.17) is 14.2 Å². The second kappa shape index (κ2) is 10.1. The Morgan fingerprint density at radius 3 is 2.88 bits per heavy atom. The van der Waals surface area contributed by atoms with Crippen molar-refractivity contribution in [3.8, 4) is 0 Å². The fourth-order valence-corrected chi connectivity index (χ4v) is 3.87. The van der Waals surface area contributed by atoms with Gasteiger partial charge in [-0.15, -0.1) is 0 Å². The number of benzene rings is 1. The van der Waals surface area contributed by atoms with Gasteiger partial charge in [0.25, 0.3) is 11.2 Å². The van der Waals surface area contributed by atoms with Gasteiger partial charge >= 0.3 is 11.8 Å². The maximum Gasteiger partial charge on any atom is 0.508 e. The first-order valence-corrected chi connectivity index (χ1v) is 10.3. The van der Waals surface area contributed by atoms with E-state index in [1.165, 1.54) is 25.3 Å². The van der Waals surface area contributed by atoms with Gasteiger partial charge in [0.1, 0.15) is 18.4 Å². The highest BCUT2D eigenvalue weighted by Gasteiger charge is 2.39. The first-order chi connectivity index (χ1) is 15.2. The molecule has 0 spiro atoms. The number of nitro benzene ring substituents is 1. The minimum Gasteiger partial charge on any atom is -0.434 e. The summed E-state index contributed by atoms with van der Waals surface area (Å²) in [4.78, 5) is 48.5. The van der Waals surface area contributed by atoms with Crippen molar-refractivity contribution in [3.05, 3.63) is 70.9 Å². The third kappa shape index (κ3) is 5.23. The minimum absolute atomic E-state index is 0.0431. The molecule has 0 saturated carbocycles. The molecule has 0 radical (unpaired) electrons. The van der Waals surface area contributed by atoms with Crippen molar-refractivity contribution in [1.29, 1.82) is 0 Å². The summed E-state index contributed by atoms with van der Waals surface area (Å²) in [5, 5.41) is 20.7. The van der Waals surface area contributed by atoms with Crippen LogP contribution in [0.3, 0.4) is 0 Å². The molecule has 0 aliphatic carbocycles. The van der Waals surface area contributed by atoms with E-state index in [1.807, 2.05) is 0 Å². The highest BCUT2D eigenvalue weighted by molar-refractivity contribution is 9.10. The molecule has 0 amide bonds. The van der Waals surface area contributed by atoms with E-state index in [2.05, 4.69) is 20.9 Å². The standard InChI is InChI=1S/C19H20BrN3O9/c1-10-8-22(18(26)21-17(10)25)16-7-14(15(9-24)31-16)32-19(27)30-6-5-11-12(20)3-2-4-13(11)23(28)29/h2-4,8,14-16,24H,5-7,9H2,1H3,(H,21,25,26)/t14-,15+,16+/m0/s1. The molecule has 1 fully saturated rings. The molecule has 2 N–H and O–H groups in total. The lowest BCUT2D eigenvalue weighted by molar-refractivity contribution is -0.385. The van der Waals surface area contributed by atoms with Crippen LogP contribution in [0.4, 0.5) is 10.5 Å². The van der Waals surface area contributed by atoms with Gasteiger partial charge in [-0.05, 0) is 13.0 Å². The molecule has 3 rings (SSSR count). The fraction of sp³-hybridized carbons (Fsp3) is 0.421. The van der Waals surface area contributed by atoms with Crippen molar-refractivity contribution in [2.45, 2.75) is 38.2 Å². The zero-order valence-corrected chi connectivity index (χ0v) is 18.4. The number of carbonyl (C=O) groups excluding carboxylic acids is 1. The molecule has 2 aromatic rings. The molecule has 3 atom stereocenters. The van der Waals surface area contributed by atoms with Crippen LogP contribution in [-0.2, 0) is 20.6 Å². The van der Waals surface area contributed by atoms with E-state index in [0.29, 0.717) is 15.6 Å². The molecule has 13 heteroatoms. The second-order valence-corrected chi connectivity index (χ2v) is 7.88. The van der Waals surface area contributed by atoms with Gasteiger partial charge in [0.2, 0.25) is 0 Å². The number of halogens is 1. The summed E-state index contributed by atoms with van der Waals surface area (Å²) in [7, 11) is 0. The van der Waals surface area contributed by atoms with Gasteiger partial charge in [-0.25, -0.2) is 9.59 Å². The van der Waals surface area contributed by atoms with E-state index >= 15 is 0 Å². The molecule has 1 saturated heterocycles. The molecule has 1 aromatic carbocycles. The number of rotatable bonds is 7. The fourth-order valence-electron chi connectivity index (χ4n) is 3.32. The molecular formula is C19H20BrN3O9. The molecule has 32 heavy (non-hydrogen) atoms. The molecule has 12 nitrogen and oxygen atoms in total. The average molecular weight is 514 g/mol. The van der Waals surface area contributed by atoms with Crippen molar-refractivity contribution < 1.29 is 29.0 Å². The summed E-state index contributed by atoms with van der Waals surface area (Å²) < 4.78 is 17.5. The summed E-state index contributed by atoms with van der Waals surface area (Å²) in [5.74, 6) is 0. The third-order valence-corrected chi connectivity index (χ3v) is 5.67. The van der Waals surface area contributed by atoms with Crippen LogP contribution in [0, 0.1) is 17.0 Å². The van der Waals surface area contributed by atoms with Crippen LogP contribution in [0.2, 0.25) is 0 Å². The Kier molecular flexibility index (Phi) is 7.43. The van der Waals surface area contributed by atoms with E-state index in [1.54, 1.807) is 6.07 Å². The Morgan fingerprint density at radius 1 is 1.44 bits per heavy atom. The van der Waals surface area contributed by atoms with Crippen LogP contribution in [0.25, 0.3) is 0 Å². The number of nitrogens with one attached hydrogen (secondary N) is 1. The molecule has 2 heterocycles. The summed E-state index contributed by atoms with van der Waals surface area (Å²) in [5.41, 5.74) is -0.662. The molecule has 0 bridgehead atoms. The largest absolute Gasteiger partial charge is 0.508 e. The second-order valence-electron chi connectivity index (χ2n) is 7.03. The number of aliphatic hydroxyl groups excluding tert-OH is 1. The van der Waals surface area contributed by atoms with Gasteiger partial charge in [0.15, 0.2) is 0 Å². The van der Waals surface area contributed by atoms with Gasteiger partial charge in [0.05, 0.1) is 18.1 Å². The Morgan fingerprint density at radius 2 is 2.19 bits per heavy atom. The summed E-state index contributed by atoms with van der Waals surface area (Å²) in [6, 6.07) is 4.52. The minimum atomic E-state index is -1.04. The summed E-state index contributed by atoms with van der Waals surface area (Å²) >= 11 is 3.24. The number of hydrogen-bond acceptors (Lipinski definition) is 9. The highest BCUT2D eigenvalue weighted by Crippen LogP contribution is 2.30. The van der Waals surface area contributed by atoms with Gasteiger partial charge in [-0.2, -0.15) is 0 Å². The smallest absolute Gasteiger partial charge is 0.434 e. The molecule has 172 valence electrons. The lowest BCUT2D eigenvalue weighted by atomic mass is 10.1. The number of hydrogen-bond donors (Lipinski definition) is 2. The number of H-pyrrole nitrogens is 1. The molecule has 1 aliphatic rings. The van der Waals surface area contributed by atoms with Crippen LogP contribution < -0.4 is 11.2 Å². The average Bonchev–Trinajstić information content (AvgIpc) is 3.14. The number of aryl methyl sites for hydroxylation is 1. The number of aromatic amines is 1. The van der Waals surface area contributed by atoms with Crippen LogP contribution in [0.5, 0.6) is 0 Å². The van der Waals surface area contributed by atoms with Gasteiger partial charge in [0, 0.05) is 40.7 Å². The SMILES string of the molecule is Cc1cn([C@H]2C[C@H](OC(=O)OCCc3c(Br)cccc3[N+](=O)[O-])[C@@H](CO)O2)c(=O)[nH]c1=O. The van der Waals surface area contributed by atoms with E-state index < -0.39 is 47.4 Å². The van der Waals surface area contributed by atoms with Crippen LogP contribution in [0.1, 0.15) is 23.8 Å². The van der Waals surface area contributed by atoms with Crippen molar-refractivity contribution in [3.63, 3.8) is 0 Å². The van der Waals surface area contributed by atoms with E-state index in [-0.39, 0.29) is 25.1 Å². The summed E-state index contributed by atoms with van der Waals surface area (Å²) in [6.07, 6.45) is -2.28. The van der Waals surface area contributed by atoms with Crippen LogP contribution >= 0.6 is 15.9 Å². The maximum absolute atomic E-state index is 12.1. The zero-order valence-electron chi connectivity index (χ0n) is 16.9. The van der Waals surface area contributed by atoms with Gasteiger partial charge < -0.3 is 19.3 Å². The number of nitrogens with zero attached hydrogens (tertiary/aromatic N) is 2. The normalized spacial score (nSPS) is 20.2. The number of aromatic nitrogens is 2. The molecule has 0 unspecified atom stereocenters. The van der Waals surface area contributed by atoms with E-state index in [0.717, 1.165) is 4.57 Å². The predicted molar refractivity (Wildman–Crippen MR) is 112 cm³/mol. The molecule has 1 aliphatic heterocycles. The van der Waals surface area contributed by atoms with Crippen molar-refractivity contribution in [1.82, 2.24) is 9.55 Å².